The molecule has 0 aromatic rings. The van der Waals surface area contributed by atoms with Crippen molar-refractivity contribution in [2.24, 2.45) is 5.92 Å². The maximum Gasteiger partial charge on any atom is 0.408 e. The van der Waals surface area contributed by atoms with Gasteiger partial charge in [0.1, 0.15) is 11.6 Å². The lowest BCUT2D eigenvalue weighted by Crippen LogP contribution is -2.53. The minimum Gasteiger partial charge on any atom is -0.444 e. The van der Waals surface area contributed by atoms with Gasteiger partial charge in [-0.25, -0.2) is 4.79 Å². The molecule has 6 heteroatoms. The highest BCUT2D eigenvalue weighted by Crippen LogP contribution is 2.31. The lowest BCUT2D eigenvalue weighted by atomic mass is 9.80. The molecule has 2 rings (SSSR count). The van der Waals surface area contributed by atoms with Gasteiger partial charge in [-0.1, -0.05) is 19.3 Å². The van der Waals surface area contributed by atoms with Crippen LogP contribution in [0.1, 0.15) is 46.5 Å². The first-order valence-electron chi connectivity index (χ1n) is 8.21. The normalized spacial score (nSPS) is 21.0. The van der Waals surface area contributed by atoms with Gasteiger partial charge >= 0.3 is 6.09 Å². The van der Waals surface area contributed by atoms with Crippen molar-refractivity contribution in [3.63, 3.8) is 0 Å². The fourth-order valence-corrected chi connectivity index (χ4v) is 2.74. The highest BCUT2D eigenvalue weighted by molar-refractivity contribution is 5.85. The zero-order valence-corrected chi connectivity index (χ0v) is 13.9. The van der Waals surface area contributed by atoms with Gasteiger partial charge in [-0.05, 0) is 33.1 Å². The van der Waals surface area contributed by atoms with Crippen molar-refractivity contribution >= 4 is 12.0 Å². The molecule has 0 aromatic carbocycles. The number of carbonyl (C=O) groups is 2. The fourth-order valence-electron chi connectivity index (χ4n) is 2.74. The van der Waals surface area contributed by atoms with E-state index in [-0.39, 0.29) is 5.91 Å². The summed E-state index contributed by atoms with van der Waals surface area (Å²) in [6.45, 7) is 7.76. The van der Waals surface area contributed by atoms with Crippen LogP contribution in [0.4, 0.5) is 4.79 Å². The Balaban J connectivity index is 1.94. The van der Waals surface area contributed by atoms with Crippen LogP contribution in [0.5, 0.6) is 0 Å². The van der Waals surface area contributed by atoms with E-state index in [9.17, 15) is 9.59 Å². The molecule has 0 spiro atoms. The number of hydrogen-bond donors (Lipinski definition) is 1. The van der Waals surface area contributed by atoms with Gasteiger partial charge in [-0.15, -0.1) is 0 Å². The minimum atomic E-state index is -0.562. The second-order valence-corrected chi connectivity index (χ2v) is 7.17. The smallest absolute Gasteiger partial charge is 0.408 e. The number of amides is 2. The zero-order chi connectivity index (χ0) is 16.2. The van der Waals surface area contributed by atoms with E-state index >= 15 is 0 Å². The van der Waals surface area contributed by atoms with Crippen molar-refractivity contribution in [3.8, 4) is 0 Å². The van der Waals surface area contributed by atoms with E-state index in [2.05, 4.69) is 5.32 Å². The van der Waals surface area contributed by atoms with Crippen LogP contribution in [-0.4, -0.2) is 54.8 Å². The van der Waals surface area contributed by atoms with E-state index in [0.717, 1.165) is 12.8 Å². The van der Waals surface area contributed by atoms with Crippen molar-refractivity contribution < 1.29 is 19.1 Å². The van der Waals surface area contributed by atoms with Gasteiger partial charge in [0.25, 0.3) is 0 Å². The van der Waals surface area contributed by atoms with Crippen molar-refractivity contribution in [1.29, 1.82) is 0 Å². The molecule has 1 heterocycles. The second-order valence-electron chi connectivity index (χ2n) is 7.17. The summed E-state index contributed by atoms with van der Waals surface area (Å²) in [5.74, 6) is 0.519. The lowest BCUT2D eigenvalue weighted by Gasteiger charge is -2.34. The van der Waals surface area contributed by atoms with Crippen molar-refractivity contribution in [3.05, 3.63) is 0 Å². The SMILES string of the molecule is CC(C)(C)OC(=O)NC(CC1CCC1)C(=O)N1CCOCC1. The lowest BCUT2D eigenvalue weighted by molar-refractivity contribution is -0.138. The largest absolute Gasteiger partial charge is 0.444 e. The number of ether oxygens (including phenoxy) is 2. The molecule has 1 aliphatic carbocycles. The van der Waals surface area contributed by atoms with Crippen LogP contribution in [0.25, 0.3) is 0 Å². The third-order valence-corrected chi connectivity index (χ3v) is 4.11. The molecule has 1 aliphatic heterocycles. The average molecular weight is 312 g/mol. The first kappa shape index (κ1) is 17.1. The van der Waals surface area contributed by atoms with Crippen molar-refractivity contribution in [2.75, 3.05) is 26.3 Å². The number of rotatable bonds is 4. The Hall–Kier alpha value is -1.30. The standard InChI is InChI=1S/C16H28N2O4/c1-16(2,3)22-15(20)17-13(11-12-5-4-6-12)14(19)18-7-9-21-10-8-18/h12-13H,4-11H2,1-3H3,(H,17,20). The summed E-state index contributed by atoms with van der Waals surface area (Å²) in [5.41, 5.74) is -0.562. The maximum absolute atomic E-state index is 12.7. The minimum absolute atomic E-state index is 0.0129. The molecular weight excluding hydrogens is 284 g/mol. The quantitative estimate of drug-likeness (QED) is 0.861. The number of nitrogens with zero attached hydrogens (tertiary/aromatic N) is 1. The third kappa shape index (κ3) is 5.16. The Morgan fingerprint density at radius 3 is 2.41 bits per heavy atom. The van der Waals surface area contributed by atoms with E-state index in [4.69, 9.17) is 9.47 Å². The zero-order valence-electron chi connectivity index (χ0n) is 13.9. The molecule has 126 valence electrons. The van der Waals surface area contributed by atoms with E-state index in [0.29, 0.717) is 38.6 Å². The molecule has 2 amide bonds. The number of carbonyl (C=O) groups excluding carboxylic acids is 2. The fraction of sp³-hybridized carbons (Fsp3) is 0.875. The van der Waals surface area contributed by atoms with Gasteiger partial charge in [-0.3, -0.25) is 4.79 Å². The van der Waals surface area contributed by atoms with Crippen molar-refractivity contribution in [1.82, 2.24) is 10.2 Å². The molecule has 1 unspecified atom stereocenters. The number of morpholine rings is 1. The Kier molecular flexibility index (Phi) is 5.67. The molecule has 0 aromatic heterocycles. The van der Waals surface area contributed by atoms with Crippen LogP contribution >= 0.6 is 0 Å². The summed E-state index contributed by atoms with van der Waals surface area (Å²) in [6, 6.07) is -0.488. The highest BCUT2D eigenvalue weighted by Gasteiger charge is 2.32. The Labute approximate surface area is 132 Å². The van der Waals surface area contributed by atoms with Gasteiger partial charge in [0.05, 0.1) is 13.2 Å². The van der Waals surface area contributed by atoms with Gasteiger partial charge in [0.15, 0.2) is 0 Å². The summed E-state index contributed by atoms with van der Waals surface area (Å²) in [4.78, 5) is 26.5. The molecule has 1 N–H and O–H groups in total. The third-order valence-electron chi connectivity index (χ3n) is 4.11. The summed E-state index contributed by atoms with van der Waals surface area (Å²) in [5, 5.41) is 2.78. The Morgan fingerprint density at radius 2 is 1.91 bits per heavy atom. The topological polar surface area (TPSA) is 67.9 Å². The number of alkyl carbamates (subject to hydrolysis) is 1. The van der Waals surface area contributed by atoms with Crippen molar-refractivity contribution in [2.45, 2.75) is 58.1 Å². The molecule has 0 bridgehead atoms. The Morgan fingerprint density at radius 1 is 1.27 bits per heavy atom. The maximum atomic E-state index is 12.7. The predicted octanol–water partition coefficient (Wildman–Crippen LogP) is 1.93. The van der Waals surface area contributed by atoms with Gasteiger partial charge in [0, 0.05) is 13.1 Å². The van der Waals surface area contributed by atoms with Crippen LogP contribution in [-0.2, 0) is 14.3 Å². The van der Waals surface area contributed by atoms with Crippen LogP contribution in [0.15, 0.2) is 0 Å². The highest BCUT2D eigenvalue weighted by atomic mass is 16.6. The molecule has 2 aliphatic rings. The molecule has 1 saturated carbocycles. The Bertz CT molecular complexity index is 395. The monoisotopic (exact) mass is 312 g/mol. The summed E-state index contributed by atoms with van der Waals surface area (Å²) in [7, 11) is 0. The molecular formula is C16H28N2O4. The summed E-state index contributed by atoms with van der Waals surface area (Å²) < 4.78 is 10.6. The summed E-state index contributed by atoms with van der Waals surface area (Å²) in [6.07, 6.45) is 3.69. The second kappa shape index (κ2) is 7.31. The van der Waals surface area contributed by atoms with Crippen LogP contribution in [0.3, 0.4) is 0 Å². The summed E-state index contributed by atoms with van der Waals surface area (Å²) >= 11 is 0. The molecule has 2 fully saturated rings. The first-order valence-corrected chi connectivity index (χ1v) is 8.21. The molecule has 6 nitrogen and oxygen atoms in total. The molecule has 1 saturated heterocycles. The molecule has 1 atom stereocenters. The van der Waals surface area contributed by atoms with E-state index in [1.165, 1.54) is 6.42 Å². The molecule has 0 radical (unpaired) electrons. The number of hydrogen-bond acceptors (Lipinski definition) is 4. The van der Waals surface area contributed by atoms with E-state index < -0.39 is 17.7 Å². The first-order chi connectivity index (χ1) is 10.3. The van der Waals surface area contributed by atoms with Crippen LogP contribution in [0, 0.1) is 5.92 Å². The van der Waals surface area contributed by atoms with Crippen LogP contribution < -0.4 is 5.32 Å². The van der Waals surface area contributed by atoms with Crippen LogP contribution in [0.2, 0.25) is 0 Å². The van der Waals surface area contributed by atoms with E-state index in [1.807, 2.05) is 20.8 Å². The average Bonchev–Trinajstić information content (AvgIpc) is 2.39. The molecule has 22 heavy (non-hydrogen) atoms. The van der Waals surface area contributed by atoms with E-state index in [1.54, 1.807) is 4.90 Å². The number of nitrogens with one attached hydrogen (secondary N) is 1. The van der Waals surface area contributed by atoms with Gasteiger partial charge in [0.2, 0.25) is 5.91 Å². The van der Waals surface area contributed by atoms with Gasteiger partial charge in [-0.2, -0.15) is 0 Å². The van der Waals surface area contributed by atoms with Gasteiger partial charge < -0.3 is 19.7 Å². The predicted molar refractivity (Wildman–Crippen MR) is 82.5 cm³/mol.